The summed E-state index contributed by atoms with van der Waals surface area (Å²) in [6, 6.07) is 13.1. The first-order valence-corrected chi connectivity index (χ1v) is 14.3. The van der Waals surface area contributed by atoms with Crippen LogP contribution in [-0.2, 0) is 41.6 Å². The monoisotopic (exact) mass is 611 g/mol. The minimum atomic E-state index is -1.32. The summed E-state index contributed by atoms with van der Waals surface area (Å²) in [5.74, 6) is -5.38. The molecule has 4 amide bonds. The highest BCUT2D eigenvalue weighted by atomic mass is 16.4. The Morgan fingerprint density at radius 3 is 1.68 bits per heavy atom. The van der Waals surface area contributed by atoms with Gasteiger partial charge in [-0.2, -0.15) is 0 Å². The van der Waals surface area contributed by atoms with Gasteiger partial charge in [-0.15, -0.1) is 0 Å². The molecule has 0 aliphatic rings. The maximum Gasteiger partial charge on any atom is 0.322 e. The van der Waals surface area contributed by atoms with Gasteiger partial charge >= 0.3 is 11.9 Å². The zero-order valence-electron chi connectivity index (χ0n) is 24.8. The molecule has 2 aromatic carbocycles. The van der Waals surface area contributed by atoms with Gasteiger partial charge in [-0.05, 0) is 36.3 Å². The molecule has 2 aromatic rings. The summed E-state index contributed by atoms with van der Waals surface area (Å²) in [5.41, 5.74) is 7.55. The van der Waals surface area contributed by atoms with E-state index in [9.17, 15) is 33.9 Å². The number of rotatable bonds is 18. The van der Waals surface area contributed by atoms with Crippen molar-refractivity contribution in [1.82, 2.24) is 21.3 Å². The van der Waals surface area contributed by atoms with E-state index in [-0.39, 0.29) is 31.6 Å². The minimum Gasteiger partial charge on any atom is -0.481 e. The van der Waals surface area contributed by atoms with Gasteiger partial charge in [0.2, 0.25) is 23.6 Å². The summed E-state index contributed by atoms with van der Waals surface area (Å²) in [6.45, 7) is 3.01. The quantitative estimate of drug-likeness (QED) is 0.124. The van der Waals surface area contributed by atoms with Crippen LogP contribution in [0.3, 0.4) is 0 Å². The molecule has 13 nitrogen and oxygen atoms in total. The fourth-order valence-electron chi connectivity index (χ4n) is 4.37. The van der Waals surface area contributed by atoms with Gasteiger partial charge in [0.15, 0.2) is 0 Å². The molecule has 0 saturated heterocycles. The predicted octanol–water partition coefficient (Wildman–Crippen LogP) is 0.365. The number of carbonyl (C=O) groups is 6. The fourth-order valence-corrected chi connectivity index (χ4v) is 4.37. The van der Waals surface area contributed by atoms with E-state index in [2.05, 4.69) is 21.3 Å². The van der Waals surface area contributed by atoms with E-state index in [1.54, 1.807) is 54.6 Å². The molecule has 0 fully saturated rings. The summed E-state index contributed by atoms with van der Waals surface area (Å²) < 4.78 is 0. The first-order chi connectivity index (χ1) is 20.8. The zero-order valence-corrected chi connectivity index (χ0v) is 24.8. The fraction of sp³-hybridized carbons (Fsp3) is 0.419. The lowest BCUT2D eigenvalue weighted by Crippen LogP contribution is -2.58. The van der Waals surface area contributed by atoms with Gasteiger partial charge in [-0.25, -0.2) is 0 Å². The van der Waals surface area contributed by atoms with E-state index >= 15 is 0 Å². The zero-order chi connectivity index (χ0) is 32.6. The van der Waals surface area contributed by atoms with Gasteiger partial charge in [0, 0.05) is 12.8 Å². The molecule has 238 valence electrons. The van der Waals surface area contributed by atoms with E-state index in [0.717, 1.165) is 5.56 Å². The average molecular weight is 612 g/mol. The van der Waals surface area contributed by atoms with E-state index in [1.165, 1.54) is 0 Å². The molecular weight excluding hydrogens is 570 g/mol. The van der Waals surface area contributed by atoms with Crippen LogP contribution >= 0.6 is 0 Å². The Morgan fingerprint density at radius 1 is 0.659 bits per heavy atom. The van der Waals surface area contributed by atoms with Crippen LogP contribution in [0.4, 0.5) is 0 Å². The third kappa shape index (κ3) is 13.0. The number of benzene rings is 2. The number of hydrogen-bond donors (Lipinski definition) is 7. The van der Waals surface area contributed by atoms with Gasteiger partial charge < -0.3 is 37.2 Å². The summed E-state index contributed by atoms with van der Waals surface area (Å²) in [5, 5.41) is 28.2. The number of amides is 4. The molecule has 0 spiro atoms. The average Bonchev–Trinajstić information content (AvgIpc) is 2.97. The first kappa shape index (κ1) is 35.4. The van der Waals surface area contributed by atoms with Gasteiger partial charge in [0.05, 0.1) is 6.04 Å². The Balaban J connectivity index is 2.26. The van der Waals surface area contributed by atoms with E-state index in [1.807, 2.05) is 19.9 Å². The molecule has 0 radical (unpaired) electrons. The molecule has 4 atom stereocenters. The largest absolute Gasteiger partial charge is 0.481 e. The van der Waals surface area contributed by atoms with Gasteiger partial charge in [-0.3, -0.25) is 28.8 Å². The molecule has 0 aromatic heterocycles. The lowest BCUT2D eigenvalue weighted by Gasteiger charge is -2.26. The molecule has 0 aliphatic heterocycles. The molecule has 8 N–H and O–H groups in total. The van der Waals surface area contributed by atoms with Crippen LogP contribution in [0.15, 0.2) is 60.7 Å². The Bertz CT molecular complexity index is 1270. The Hall–Kier alpha value is -4.78. The first-order valence-electron chi connectivity index (χ1n) is 14.3. The maximum absolute atomic E-state index is 13.5. The van der Waals surface area contributed by atoms with Crippen molar-refractivity contribution in [3.63, 3.8) is 0 Å². The standard InChI is InChI=1S/C31H41N5O8/c1-19(2)15-24(29(42)33-18-27(39)40)35-31(44)25(17-21-11-7-4-8-12-21)36-30(43)23(13-14-26(37)38)34-28(41)22(32)16-20-9-5-3-6-10-20/h3-12,19,22-25H,13-18,32H2,1-2H3,(H,33,42)(H,34,41)(H,35,44)(H,36,43)(H,37,38)(H,39,40)/t22-,23-,24-,25-/m0/s1. The van der Waals surface area contributed by atoms with Crippen molar-refractivity contribution in [3.05, 3.63) is 71.8 Å². The molecule has 13 heteroatoms. The topological polar surface area (TPSA) is 217 Å². The summed E-state index contributed by atoms with van der Waals surface area (Å²) in [4.78, 5) is 74.9. The van der Waals surface area contributed by atoms with Crippen LogP contribution in [0.5, 0.6) is 0 Å². The van der Waals surface area contributed by atoms with Crippen LogP contribution in [0, 0.1) is 5.92 Å². The molecule has 0 saturated carbocycles. The highest BCUT2D eigenvalue weighted by molar-refractivity contribution is 5.95. The molecule has 0 aliphatic carbocycles. The van der Waals surface area contributed by atoms with Gasteiger partial charge in [-0.1, -0.05) is 74.5 Å². The normalized spacial score (nSPS) is 13.5. The van der Waals surface area contributed by atoms with Gasteiger partial charge in [0.1, 0.15) is 24.7 Å². The van der Waals surface area contributed by atoms with Crippen molar-refractivity contribution in [2.75, 3.05) is 6.54 Å². The molecular formula is C31H41N5O8. The molecule has 0 bridgehead atoms. The Morgan fingerprint density at radius 2 is 1.16 bits per heavy atom. The number of carbonyl (C=O) groups excluding carboxylic acids is 4. The number of carboxylic acids is 2. The van der Waals surface area contributed by atoms with Crippen LogP contribution < -0.4 is 27.0 Å². The number of nitrogens with one attached hydrogen (secondary N) is 4. The molecule has 44 heavy (non-hydrogen) atoms. The second-order valence-corrected chi connectivity index (χ2v) is 10.8. The summed E-state index contributed by atoms with van der Waals surface area (Å²) in [7, 11) is 0. The molecule has 2 rings (SSSR count). The number of aliphatic carboxylic acids is 2. The Labute approximate surface area is 256 Å². The SMILES string of the molecule is CC(C)C[C@H](NC(=O)[C@H](Cc1ccccc1)NC(=O)[C@H](CCC(=O)O)NC(=O)[C@@H](N)Cc1ccccc1)C(=O)NCC(=O)O. The summed E-state index contributed by atoms with van der Waals surface area (Å²) >= 11 is 0. The highest BCUT2D eigenvalue weighted by Crippen LogP contribution is 2.10. The van der Waals surface area contributed by atoms with Crippen molar-refractivity contribution in [1.29, 1.82) is 0 Å². The lowest BCUT2D eigenvalue weighted by atomic mass is 10.0. The Kier molecular flexibility index (Phi) is 14.5. The third-order valence-electron chi connectivity index (χ3n) is 6.58. The van der Waals surface area contributed by atoms with Gasteiger partial charge in [0.25, 0.3) is 0 Å². The predicted molar refractivity (Wildman–Crippen MR) is 161 cm³/mol. The van der Waals surface area contributed by atoms with Crippen LogP contribution in [0.25, 0.3) is 0 Å². The van der Waals surface area contributed by atoms with Crippen molar-refractivity contribution in [3.8, 4) is 0 Å². The highest BCUT2D eigenvalue weighted by Gasteiger charge is 2.31. The summed E-state index contributed by atoms with van der Waals surface area (Å²) in [6.07, 6.45) is -0.323. The lowest BCUT2D eigenvalue weighted by molar-refractivity contribution is -0.139. The van der Waals surface area contributed by atoms with E-state index < -0.39 is 72.7 Å². The second kappa shape index (κ2) is 18.0. The van der Waals surface area contributed by atoms with Crippen molar-refractivity contribution < 1.29 is 39.0 Å². The smallest absolute Gasteiger partial charge is 0.322 e. The van der Waals surface area contributed by atoms with Crippen molar-refractivity contribution >= 4 is 35.6 Å². The maximum atomic E-state index is 13.5. The third-order valence-corrected chi connectivity index (χ3v) is 6.58. The number of nitrogens with two attached hydrogens (primary N) is 1. The van der Waals surface area contributed by atoms with E-state index in [4.69, 9.17) is 10.8 Å². The van der Waals surface area contributed by atoms with Crippen LogP contribution in [0.2, 0.25) is 0 Å². The van der Waals surface area contributed by atoms with Crippen molar-refractivity contribution in [2.45, 2.75) is 70.1 Å². The molecule has 0 heterocycles. The number of carboxylic acid groups (broad SMARTS) is 2. The minimum absolute atomic E-state index is 0.0106. The second-order valence-electron chi connectivity index (χ2n) is 10.8. The van der Waals surface area contributed by atoms with Crippen molar-refractivity contribution in [2.24, 2.45) is 11.7 Å². The molecule has 0 unspecified atom stereocenters. The van der Waals surface area contributed by atoms with Crippen LogP contribution in [-0.4, -0.2) is 76.5 Å². The van der Waals surface area contributed by atoms with E-state index in [0.29, 0.717) is 5.56 Å². The van der Waals surface area contributed by atoms with Crippen LogP contribution in [0.1, 0.15) is 44.2 Å². The number of hydrogen-bond acceptors (Lipinski definition) is 7.